The van der Waals surface area contributed by atoms with Crippen molar-refractivity contribution in [1.82, 2.24) is 0 Å². The van der Waals surface area contributed by atoms with Crippen LogP contribution in [0, 0.1) is 0 Å². The summed E-state index contributed by atoms with van der Waals surface area (Å²) in [7, 11) is 0. The van der Waals surface area contributed by atoms with E-state index < -0.39 is 0 Å². The second kappa shape index (κ2) is 8.59. The third kappa shape index (κ3) is 5.15. The molecule has 0 aliphatic heterocycles. The van der Waals surface area contributed by atoms with Crippen molar-refractivity contribution in [2.45, 2.75) is 6.92 Å². The second-order valence-corrected chi connectivity index (χ2v) is 4.83. The Bertz CT molecular complexity index is 684. The summed E-state index contributed by atoms with van der Waals surface area (Å²) < 4.78 is 10.8. The van der Waals surface area contributed by atoms with Crippen molar-refractivity contribution in [1.29, 1.82) is 0 Å². The molecule has 23 heavy (non-hydrogen) atoms. The number of benzene rings is 2. The van der Waals surface area contributed by atoms with Crippen LogP contribution in [0.4, 0.5) is 0 Å². The summed E-state index contributed by atoms with van der Waals surface area (Å²) >= 11 is 0. The van der Waals surface area contributed by atoms with Gasteiger partial charge in [-0.1, -0.05) is 30.9 Å². The molecule has 0 spiro atoms. The zero-order valence-electron chi connectivity index (χ0n) is 13.2. The fourth-order valence-electron chi connectivity index (χ4n) is 2.01. The van der Waals surface area contributed by atoms with Crippen LogP contribution >= 0.6 is 0 Å². The average molecular weight is 308 g/mol. The molecule has 0 radical (unpaired) electrons. The van der Waals surface area contributed by atoms with Gasteiger partial charge < -0.3 is 9.47 Å². The molecule has 3 heteroatoms. The molecule has 2 rings (SSSR count). The third-order valence-electron chi connectivity index (χ3n) is 3.10. The van der Waals surface area contributed by atoms with Crippen molar-refractivity contribution in [3.63, 3.8) is 0 Å². The summed E-state index contributed by atoms with van der Waals surface area (Å²) in [5.74, 6) is 1.46. The molecule has 0 amide bonds. The molecule has 0 aliphatic rings. The minimum Gasteiger partial charge on any atom is -0.494 e. The maximum atomic E-state index is 12.2. The zero-order valence-corrected chi connectivity index (χ0v) is 13.2. The minimum atomic E-state index is -0.0505. The van der Waals surface area contributed by atoms with E-state index >= 15 is 0 Å². The van der Waals surface area contributed by atoms with Gasteiger partial charge in [-0.25, -0.2) is 0 Å². The van der Waals surface area contributed by atoms with Crippen molar-refractivity contribution >= 4 is 11.9 Å². The number of ether oxygens (including phenoxy) is 2. The molecular formula is C20H20O3. The van der Waals surface area contributed by atoms with Gasteiger partial charge in [0.1, 0.15) is 18.1 Å². The molecule has 3 nitrogen and oxygen atoms in total. The van der Waals surface area contributed by atoms with Crippen LogP contribution < -0.4 is 9.47 Å². The van der Waals surface area contributed by atoms with Crippen molar-refractivity contribution in [3.05, 3.63) is 78.4 Å². The van der Waals surface area contributed by atoms with Gasteiger partial charge in [0.25, 0.3) is 0 Å². The first-order valence-corrected chi connectivity index (χ1v) is 7.52. The molecule has 0 fully saturated rings. The van der Waals surface area contributed by atoms with Crippen LogP contribution in [0.25, 0.3) is 6.08 Å². The van der Waals surface area contributed by atoms with Crippen LogP contribution in [0.15, 0.2) is 67.3 Å². The number of hydrogen-bond donors (Lipinski definition) is 0. The maximum absolute atomic E-state index is 12.2. The summed E-state index contributed by atoms with van der Waals surface area (Å²) in [6, 6.07) is 14.7. The fourth-order valence-corrected chi connectivity index (χ4v) is 2.01. The Morgan fingerprint density at radius 3 is 2.57 bits per heavy atom. The Balaban J connectivity index is 2.04. The molecule has 0 bridgehead atoms. The monoisotopic (exact) mass is 308 g/mol. The first-order valence-electron chi connectivity index (χ1n) is 7.52. The van der Waals surface area contributed by atoms with E-state index in [1.54, 1.807) is 42.5 Å². The molecular weight excluding hydrogens is 288 g/mol. The van der Waals surface area contributed by atoms with Crippen LogP contribution in [-0.2, 0) is 0 Å². The van der Waals surface area contributed by atoms with E-state index in [1.165, 1.54) is 0 Å². The van der Waals surface area contributed by atoms with Gasteiger partial charge in [-0.05, 0) is 55.0 Å². The highest BCUT2D eigenvalue weighted by molar-refractivity contribution is 6.06. The highest BCUT2D eigenvalue weighted by atomic mass is 16.5. The molecule has 0 saturated carbocycles. The first kappa shape index (κ1) is 16.6. The summed E-state index contributed by atoms with van der Waals surface area (Å²) in [5, 5.41) is 0. The van der Waals surface area contributed by atoms with E-state index in [0.717, 1.165) is 17.1 Å². The van der Waals surface area contributed by atoms with E-state index in [0.29, 0.717) is 18.8 Å². The quantitative estimate of drug-likeness (QED) is 0.408. The fraction of sp³-hybridized carbons (Fsp3) is 0.150. The van der Waals surface area contributed by atoms with Crippen molar-refractivity contribution in [2.75, 3.05) is 13.2 Å². The highest BCUT2D eigenvalue weighted by Crippen LogP contribution is 2.16. The van der Waals surface area contributed by atoms with Crippen molar-refractivity contribution < 1.29 is 14.3 Å². The number of hydrogen-bond acceptors (Lipinski definition) is 3. The summed E-state index contributed by atoms with van der Waals surface area (Å²) in [5.41, 5.74) is 1.54. The van der Waals surface area contributed by atoms with E-state index in [4.69, 9.17) is 9.47 Å². The Morgan fingerprint density at radius 2 is 1.87 bits per heavy atom. The lowest BCUT2D eigenvalue weighted by Crippen LogP contribution is -1.96. The molecule has 0 aromatic heterocycles. The molecule has 118 valence electrons. The topological polar surface area (TPSA) is 35.5 Å². The number of ketones is 1. The van der Waals surface area contributed by atoms with Gasteiger partial charge in [-0.2, -0.15) is 0 Å². The van der Waals surface area contributed by atoms with Gasteiger partial charge in [-0.3, -0.25) is 4.79 Å². The Morgan fingerprint density at radius 1 is 1.09 bits per heavy atom. The highest BCUT2D eigenvalue weighted by Gasteiger charge is 2.02. The Hall–Kier alpha value is -2.81. The number of carbonyl (C=O) groups is 1. The SMILES string of the molecule is C=CCOc1cccc(C=CC(=O)c2ccc(OCC)cc2)c1. The van der Waals surface area contributed by atoms with Crippen LogP contribution in [0.2, 0.25) is 0 Å². The predicted octanol–water partition coefficient (Wildman–Crippen LogP) is 4.55. The van der Waals surface area contributed by atoms with E-state index in [-0.39, 0.29) is 5.78 Å². The molecule has 0 heterocycles. The summed E-state index contributed by atoms with van der Waals surface area (Å²) in [4.78, 5) is 12.2. The minimum absolute atomic E-state index is 0.0505. The largest absolute Gasteiger partial charge is 0.494 e. The molecule has 2 aromatic rings. The number of rotatable bonds is 8. The molecule has 0 unspecified atom stereocenters. The van der Waals surface area contributed by atoms with Crippen LogP contribution in [0.1, 0.15) is 22.8 Å². The second-order valence-electron chi connectivity index (χ2n) is 4.83. The lowest BCUT2D eigenvalue weighted by atomic mass is 10.1. The molecule has 0 atom stereocenters. The van der Waals surface area contributed by atoms with E-state index in [2.05, 4.69) is 6.58 Å². The standard InChI is InChI=1S/C20H20O3/c1-3-14-23-19-7-5-6-16(15-19)8-13-20(21)17-9-11-18(12-10-17)22-4-2/h3,5-13,15H,1,4,14H2,2H3. The van der Waals surface area contributed by atoms with Gasteiger partial charge in [0.2, 0.25) is 0 Å². The molecule has 2 aromatic carbocycles. The predicted molar refractivity (Wildman–Crippen MR) is 93.1 cm³/mol. The van der Waals surface area contributed by atoms with Crippen molar-refractivity contribution in [2.24, 2.45) is 0 Å². The Kier molecular flexibility index (Phi) is 6.18. The van der Waals surface area contributed by atoms with Gasteiger partial charge in [-0.15, -0.1) is 0 Å². The summed E-state index contributed by atoms with van der Waals surface area (Å²) in [6.07, 6.45) is 5.03. The molecule has 0 N–H and O–H groups in total. The smallest absolute Gasteiger partial charge is 0.185 e. The Labute approximate surface area is 136 Å². The number of carbonyl (C=O) groups excluding carboxylic acids is 1. The van der Waals surface area contributed by atoms with Crippen LogP contribution in [-0.4, -0.2) is 19.0 Å². The molecule has 0 aliphatic carbocycles. The first-order chi connectivity index (χ1) is 11.2. The number of allylic oxidation sites excluding steroid dienone is 1. The van der Waals surface area contributed by atoms with Gasteiger partial charge in [0.05, 0.1) is 6.61 Å². The van der Waals surface area contributed by atoms with Crippen molar-refractivity contribution in [3.8, 4) is 11.5 Å². The lowest BCUT2D eigenvalue weighted by molar-refractivity contribution is 0.104. The third-order valence-corrected chi connectivity index (χ3v) is 3.10. The van der Waals surface area contributed by atoms with Gasteiger partial charge in [0, 0.05) is 5.56 Å². The van der Waals surface area contributed by atoms with Crippen LogP contribution in [0.5, 0.6) is 11.5 Å². The van der Waals surface area contributed by atoms with Crippen LogP contribution in [0.3, 0.4) is 0 Å². The van der Waals surface area contributed by atoms with E-state index in [9.17, 15) is 4.79 Å². The zero-order chi connectivity index (χ0) is 16.5. The van der Waals surface area contributed by atoms with E-state index in [1.807, 2.05) is 31.2 Å². The maximum Gasteiger partial charge on any atom is 0.185 e. The average Bonchev–Trinajstić information content (AvgIpc) is 2.59. The normalized spacial score (nSPS) is 10.5. The van der Waals surface area contributed by atoms with Gasteiger partial charge >= 0.3 is 0 Å². The molecule has 0 saturated heterocycles. The lowest BCUT2D eigenvalue weighted by Gasteiger charge is -2.04. The van der Waals surface area contributed by atoms with Gasteiger partial charge in [0.15, 0.2) is 5.78 Å². The summed E-state index contributed by atoms with van der Waals surface area (Å²) in [6.45, 7) is 6.61.